The summed E-state index contributed by atoms with van der Waals surface area (Å²) < 4.78 is 0. The summed E-state index contributed by atoms with van der Waals surface area (Å²) >= 11 is 0. The van der Waals surface area contributed by atoms with Crippen LogP contribution >= 0.6 is 0 Å². The van der Waals surface area contributed by atoms with E-state index in [9.17, 15) is 9.59 Å². The van der Waals surface area contributed by atoms with E-state index in [-0.39, 0.29) is 11.8 Å². The third kappa shape index (κ3) is 3.74. The fraction of sp³-hybridized carbons (Fsp3) is 0.579. The summed E-state index contributed by atoms with van der Waals surface area (Å²) in [5.41, 5.74) is 2.01. The number of benzene rings is 1. The number of carbonyl (C=O) groups excluding carboxylic acids is 1. The van der Waals surface area contributed by atoms with Crippen molar-refractivity contribution in [3.8, 4) is 0 Å². The Labute approximate surface area is 137 Å². The molecule has 4 nitrogen and oxygen atoms in total. The number of carboxylic acid groups (broad SMARTS) is 1. The van der Waals surface area contributed by atoms with E-state index >= 15 is 0 Å². The molecule has 23 heavy (non-hydrogen) atoms. The molecule has 1 aliphatic carbocycles. The zero-order chi connectivity index (χ0) is 16.2. The molecule has 0 atom stereocenters. The van der Waals surface area contributed by atoms with Crippen LogP contribution in [0.25, 0.3) is 0 Å². The second-order valence-corrected chi connectivity index (χ2v) is 6.86. The van der Waals surface area contributed by atoms with Gasteiger partial charge in [0.2, 0.25) is 0 Å². The molecule has 124 valence electrons. The topological polar surface area (TPSA) is 57.6 Å². The molecule has 1 saturated heterocycles. The van der Waals surface area contributed by atoms with E-state index in [4.69, 9.17) is 5.11 Å². The highest BCUT2D eigenvalue weighted by molar-refractivity contribution is 5.94. The molecule has 0 aromatic heterocycles. The highest BCUT2D eigenvalue weighted by Crippen LogP contribution is 2.35. The number of amides is 1. The van der Waals surface area contributed by atoms with Crippen molar-refractivity contribution in [3.63, 3.8) is 0 Å². The molecule has 1 aromatic carbocycles. The van der Waals surface area contributed by atoms with Crippen molar-refractivity contribution < 1.29 is 14.7 Å². The molecule has 3 rings (SSSR count). The second kappa shape index (κ2) is 7.16. The Balaban J connectivity index is 1.61. The minimum atomic E-state index is -0.661. The van der Waals surface area contributed by atoms with Crippen LogP contribution < -0.4 is 0 Å². The van der Waals surface area contributed by atoms with Crippen LogP contribution in [0.4, 0.5) is 0 Å². The lowest BCUT2D eigenvalue weighted by Crippen LogP contribution is -2.35. The average molecular weight is 315 g/mol. The molecule has 1 N–H and O–H groups in total. The van der Waals surface area contributed by atoms with Crippen LogP contribution in [0, 0.1) is 5.92 Å². The Morgan fingerprint density at radius 2 is 1.52 bits per heavy atom. The van der Waals surface area contributed by atoms with Gasteiger partial charge in [0.15, 0.2) is 0 Å². The summed E-state index contributed by atoms with van der Waals surface area (Å²) in [5, 5.41) is 9.07. The smallest absolute Gasteiger partial charge is 0.306 e. The van der Waals surface area contributed by atoms with Gasteiger partial charge in [-0.25, -0.2) is 0 Å². The first-order valence-corrected chi connectivity index (χ1v) is 8.77. The largest absolute Gasteiger partial charge is 0.481 e. The molecule has 0 unspecified atom stereocenters. The van der Waals surface area contributed by atoms with E-state index in [1.807, 2.05) is 17.0 Å². The van der Waals surface area contributed by atoms with Gasteiger partial charge in [0, 0.05) is 18.7 Å². The van der Waals surface area contributed by atoms with E-state index in [0.717, 1.165) is 57.2 Å². The molecule has 1 heterocycles. The van der Waals surface area contributed by atoms with Crippen molar-refractivity contribution in [3.05, 3.63) is 35.4 Å². The lowest BCUT2D eigenvalue weighted by Gasteiger charge is -2.28. The molecule has 1 saturated carbocycles. The van der Waals surface area contributed by atoms with Gasteiger partial charge in [0.1, 0.15) is 0 Å². The van der Waals surface area contributed by atoms with Crippen LogP contribution in [0.5, 0.6) is 0 Å². The number of rotatable bonds is 3. The standard InChI is InChI=1S/C19H25NO3/c21-18(20-12-2-1-3-13-20)16-8-4-14(5-9-16)15-6-10-17(11-7-15)19(22)23/h4-5,8-9,15,17H,1-3,6-7,10-13H2,(H,22,23). The van der Waals surface area contributed by atoms with Gasteiger partial charge in [0.05, 0.1) is 5.92 Å². The van der Waals surface area contributed by atoms with E-state index in [2.05, 4.69) is 12.1 Å². The summed E-state index contributed by atoms with van der Waals surface area (Å²) in [7, 11) is 0. The molecule has 1 aromatic rings. The van der Waals surface area contributed by atoms with Gasteiger partial charge in [0.25, 0.3) is 5.91 Å². The highest BCUT2D eigenvalue weighted by atomic mass is 16.4. The normalized spacial score (nSPS) is 25.1. The predicted molar refractivity (Wildman–Crippen MR) is 88.5 cm³/mol. The van der Waals surface area contributed by atoms with Crippen molar-refractivity contribution in [1.29, 1.82) is 0 Å². The van der Waals surface area contributed by atoms with Gasteiger partial charge in [-0.05, 0) is 68.6 Å². The van der Waals surface area contributed by atoms with E-state index in [1.54, 1.807) is 0 Å². The molecule has 1 aliphatic heterocycles. The highest BCUT2D eigenvalue weighted by Gasteiger charge is 2.27. The van der Waals surface area contributed by atoms with Crippen LogP contribution in [-0.2, 0) is 4.79 Å². The molecular weight excluding hydrogens is 290 g/mol. The van der Waals surface area contributed by atoms with Crippen molar-refractivity contribution in [2.75, 3.05) is 13.1 Å². The number of nitrogens with zero attached hydrogens (tertiary/aromatic N) is 1. The van der Waals surface area contributed by atoms with Gasteiger partial charge in [-0.2, -0.15) is 0 Å². The van der Waals surface area contributed by atoms with Crippen molar-refractivity contribution in [1.82, 2.24) is 4.90 Å². The summed E-state index contributed by atoms with van der Waals surface area (Å²) in [4.78, 5) is 25.4. The van der Waals surface area contributed by atoms with Crippen molar-refractivity contribution in [2.24, 2.45) is 5.92 Å². The van der Waals surface area contributed by atoms with Gasteiger partial charge in [-0.1, -0.05) is 12.1 Å². The zero-order valence-corrected chi connectivity index (χ0v) is 13.5. The Bertz CT molecular complexity index is 552. The number of carbonyl (C=O) groups is 2. The number of likely N-dealkylation sites (tertiary alicyclic amines) is 1. The third-order valence-electron chi connectivity index (χ3n) is 5.35. The molecule has 0 bridgehead atoms. The van der Waals surface area contributed by atoms with Crippen LogP contribution in [0.3, 0.4) is 0 Å². The van der Waals surface area contributed by atoms with E-state index < -0.39 is 5.97 Å². The Morgan fingerprint density at radius 3 is 2.09 bits per heavy atom. The Hall–Kier alpha value is -1.84. The molecule has 0 radical (unpaired) electrons. The fourth-order valence-corrected chi connectivity index (χ4v) is 3.85. The Kier molecular flexibility index (Phi) is 4.99. The second-order valence-electron chi connectivity index (χ2n) is 6.86. The van der Waals surface area contributed by atoms with Crippen LogP contribution in [-0.4, -0.2) is 35.0 Å². The fourth-order valence-electron chi connectivity index (χ4n) is 3.85. The summed E-state index contributed by atoms with van der Waals surface area (Å²) in [6, 6.07) is 8.00. The first-order chi connectivity index (χ1) is 11.1. The average Bonchev–Trinajstić information content (AvgIpc) is 2.62. The molecule has 4 heteroatoms. The van der Waals surface area contributed by atoms with Crippen molar-refractivity contribution in [2.45, 2.75) is 50.9 Å². The van der Waals surface area contributed by atoms with Crippen LogP contribution in [0.15, 0.2) is 24.3 Å². The number of carboxylic acids is 1. The quantitative estimate of drug-likeness (QED) is 0.926. The molecule has 2 aliphatic rings. The SMILES string of the molecule is O=C(O)C1CCC(c2ccc(C(=O)N3CCCCC3)cc2)CC1. The molecular formula is C19H25NO3. The maximum Gasteiger partial charge on any atom is 0.306 e. The lowest BCUT2D eigenvalue weighted by atomic mass is 9.78. The van der Waals surface area contributed by atoms with Gasteiger partial charge >= 0.3 is 5.97 Å². The Morgan fingerprint density at radius 1 is 0.913 bits per heavy atom. The van der Waals surface area contributed by atoms with E-state index in [0.29, 0.717) is 5.92 Å². The maximum atomic E-state index is 12.5. The summed E-state index contributed by atoms with van der Waals surface area (Å²) in [6.07, 6.45) is 6.81. The first kappa shape index (κ1) is 16.0. The molecule has 1 amide bonds. The van der Waals surface area contributed by atoms with Gasteiger partial charge < -0.3 is 10.0 Å². The summed E-state index contributed by atoms with van der Waals surface area (Å²) in [6.45, 7) is 1.75. The minimum absolute atomic E-state index is 0.144. The maximum absolute atomic E-state index is 12.5. The first-order valence-electron chi connectivity index (χ1n) is 8.77. The molecule has 2 fully saturated rings. The monoisotopic (exact) mass is 315 g/mol. The number of piperidine rings is 1. The number of hydrogen-bond acceptors (Lipinski definition) is 2. The van der Waals surface area contributed by atoms with Gasteiger partial charge in [-0.15, -0.1) is 0 Å². The van der Waals surface area contributed by atoms with Gasteiger partial charge in [-0.3, -0.25) is 9.59 Å². The minimum Gasteiger partial charge on any atom is -0.481 e. The van der Waals surface area contributed by atoms with E-state index in [1.165, 1.54) is 12.0 Å². The lowest BCUT2D eigenvalue weighted by molar-refractivity contribution is -0.142. The van der Waals surface area contributed by atoms with Crippen LogP contribution in [0.2, 0.25) is 0 Å². The number of hydrogen-bond donors (Lipinski definition) is 1. The third-order valence-corrected chi connectivity index (χ3v) is 5.35. The summed E-state index contributed by atoms with van der Waals surface area (Å²) in [5.74, 6) is -0.257. The van der Waals surface area contributed by atoms with Crippen LogP contribution in [0.1, 0.15) is 66.8 Å². The van der Waals surface area contributed by atoms with Crippen molar-refractivity contribution >= 4 is 11.9 Å². The zero-order valence-electron chi connectivity index (χ0n) is 13.5. The predicted octanol–water partition coefficient (Wildman–Crippen LogP) is 3.67. The number of aliphatic carboxylic acids is 1. The molecule has 0 spiro atoms.